The molecule has 0 aliphatic rings. The molecule has 0 unspecified atom stereocenters. The molecule has 2 aromatic carbocycles. The number of rotatable bonds is 6. The lowest BCUT2D eigenvalue weighted by molar-refractivity contribution is -0.384. The third-order valence-electron chi connectivity index (χ3n) is 4.16. The first-order valence-electron chi connectivity index (χ1n) is 8.09. The van der Waals surface area contributed by atoms with E-state index in [-0.39, 0.29) is 22.7 Å². The Labute approximate surface area is 159 Å². The Bertz CT molecular complexity index is 1040. The van der Waals surface area contributed by atoms with Gasteiger partial charge >= 0.3 is 0 Å². The van der Waals surface area contributed by atoms with E-state index in [2.05, 4.69) is 10.3 Å². The number of hydrogen-bond donors (Lipinski definition) is 1. The van der Waals surface area contributed by atoms with Crippen LogP contribution < -0.4 is 5.32 Å². The number of nitro groups is 1. The average Bonchev–Trinajstić information content (AvgIpc) is 2.68. The highest BCUT2D eigenvalue weighted by atomic mass is 35.5. The van der Waals surface area contributed by atoms with E-state index >= 15 is 0 Å². The molecule has 136 valence electrons. The van der Waals surface area contributed by atoms with Gasteiger partial charge in [-0.05, 0) is 5.56 Å². The van der Waals surface area contributed by atoms with Crippen LogP contribution in [-0.4, -0.2) is 16.6 Å². The van der Waals surface area contributed by atoms with Crippen LogP contribution in [0.3, 0.4) is 0 Å². The summed E-state index contributed by atoms with van der Waals surface area (Å²) in [5, 5.41) is 24.3. The van der Waals surface area contributed by atoms with Crippen LogP contribution in [0.25, 0.3) is 10.9 Å². The number of benzene rings is 2. The Morgan fingerprint density at radius 3 is 2.70 bits per heavy atom. The summed E-state index contributed by atoms with van der Waals surface area (Å²) in [7, 11) is 0. The molecule has 1 N–H and O–H groups in total. The fraction of sp³-hybridized carbons (Fsp3) is 0.158. The van der Waals surface area contributed by atoms with Crippen LogP contribution in [0.15, 0.2) is 48.7 Å². The van der Waals surface area contributed by atoms with Gasteiger partial charge in [0.15, 0.2) is 0 Å². The van der Waals surface area contributed by atoms with Crippen molar-refractivity contribution in [3.05, 3.63) is 74.9 Å². The third-order valence-corrected chi connectivity index (χ3v) is 4.45. The maximum absolute atomic E-state index is 13.1. The zero-order valence-corrected chi connectivity index (χ0v) is 14.8. The second-order valence-corrected chi connectivity index (χ2v) is 6.23. The van der Waals surface area contributed by atoms with Crippen molar-refractivity contribution in [2.24, 2.45) is 0 Å². The molecule has 0 bridgehead atoms. The van der Waals surface area contributed by atoms with E-state index < -0.39 is 17.6 Å². The number of non-ortho nitro benzene ring substituents is 1. The summed E-state index contributed by atoms with van der Waals surface area (Å²) < 4.78 is 13.1. The summed E-state index contributed by atoms with van der Waals surface area (Å²) in [6.07, 6.45) is 1.52. The summed E-state index contributed by atoms with van der Waals surface area (Å²) in [6.45, 7) is -0.571. The van der Waals surface area contributed by atoms with E-state index in [9.17, 15) is 19.8 Å². The minimum atomic E-state index is -0.571. The number of hydrogen-bond acceptors (Lipinski definition) is 5. The number of nitrogens with one attached hydrogen (secondary N) is 1. The molecule has 27 heavy (non-hydrogen) atoms. The molecule has 0 saturated heterocycles. The molecule has 3 rings (SSSR count). The van der Waals surface area contributed by atoms with Crippen molar-refractivity contribution in [1.82, 2.24) is 4.98 Å². The molecule has 0 amide bonds. The molecule has 0 aliphatic heterocycles. The van der Waals surface area contributed by atoms with Crippen molar-refractivity contribution in [3.63, 3.8) is 0 Å². The van der Waals surface area contributed by atoms with Crippen LogP contribution in [-0.2, 0) is 0 Å². The van der Waals surface area contributed by atoms with Gasteiger partial charge < -0.3 is 5.32 Å². The summed E-state index contributed by atoms with van der Waals surface area (Å²) in [4.78, 5) is 14.8. The maximum Gasteiger partial charge on any atom is 0.271 e. The van der Waals surface area contributed by atoms with Crippen molar-refractivity contribution >= 4 is 33.9 Å². The number of pyridine rings is 1. The first-order chi connectivity index (χ1) is 13.0. The average molecular weight is 385 g/mol. The Morgan fingerprint density at radius 1 is 1.33 bits per heavy atom. The molecule has 8 heteroatoms. The molecule has 0 saturated carbocycles. The fourth-order valence-electron chi connectivity index (χ4n) is 2.88. The number of fused-ring (bicyclic) bond motifs is 1. The molecule has 0 aliphatic carbocycles. The Kier molecular flexibility index (Phi) is 5.48. The lowest BCUT2D eigenvalue weighted by Crippen LogP contribution is -2.13. The van der Waals surface area contributed by atoms with E-state index in [0.717, 1.165) is 5.56 Å². The van der Waals surface area contributed by atoms with Crippen LogP contribution in [0.2, 0.25) is 5.02 Å². The summed E-state index contributed by atoms with van der Waals surface area (Å²) >= 11 is 6.15. The summed E-state index contributed by atoms with van der Waals surface area (Å²) in [6, 6.07) is 13.3. The summed E-state index contributed by atoms with van der Waals surface area (Å²) in [5.41, 5.74) is 1.49. The highest BCUT2D eigenvalue weighted by Crippen LogP contribution is 2.36. The van der Waals surface area contributed by atoms with E-state index in [0.29, 0.717) is 16.6 Å². The minimum absolute atomic E-state index is 0.105. The van der Waals surface area contributed by atoms with Gasteiger partial charge in [0.1, 0.15) is 6.07 Å². The first-order valence-corrected chi connectivity index (χ1v) is 8.47. The molecule has 1 heterocycles. The summed E-state index contributed by atoms with van der Waals surface area (Å²) in [5.74, 6) is 0. The largest absolute Gasteiger partial charge is 0.376 e. The highest BCUT2D eigenvalue weighted by Gasteiger charge is 2.20. The van der Waals surface area contributed by atoms with Gasteiger partial charge in [-0.15, -0.1) is 0 Å². The van der Waals surface area contributed by atoms with E-state index in [1.165, 1.54) is 18.3 Å². The second-order valence-electron chi connectivity index (χ2n) is 5.82. The maximum atomic E-state index is 13.1. The number of alkyl halides is 1. The van der Waals surface area contributed by atoms with E-state index in [1.807, 2.05) is 36.4 Å². The first kappa shape index (κ1) is 18.5. The van der Waals surface area contributed by atoms with Crippen molar-refractivity contribution < 1.29 is 9.31 Å². The van der Waals surface area contributed by atoms with Crippen molar-refractivity contribution in [2.75, 3.05) is 12.0 Å². The molecule has 1 atom stereocenters. The Morgan fingerprint density at radius 2 is 2.07 bits per heavy atom. The lowest BCUT2D eigenvalue weighted by atomic mass is 10.0. The predicted octanol–water partition coefficient (Wildman–Crippen LogP) is 5.18. The van der Waals surface area contributed by atoms with Crippen molar-refractivity contribution in [3.8, 4) is 6.07 Å². The molecule has 0 radical (unpaired) electrons. The lowest BCUT2D eigenvalue weighted by Gasteiger charge is -2.21. The molecule has 0 spiro atoms. The molecular weight excluding hydrogens is 371 g/mol. The molecule has 6 nitrogen and oxygen atoms in total. The Balaban J connectivity index is 2.19. The van der Waals surface area contributed by atoms with Gasteiger partial charge in [-0.25, -0.2) is 0 Å². The predicted molar refractivity (Wildman–Crippen MR) is 102 cm³/mol. The van der Waals surface area contributed by atoms with Crippen molar-refractivity contribution in [2.45, 2.75) is 12.5 Å². The fourth-order valence-corrected chi connectivity index (χ4v) is 3.14. The van der Waals surface area contributed by atoms with Gasteiger partial charge in [-0.1, -0.05) is 41.9 Å². The number of anilines is 1. The quantitative estimate of drug-likeness (QED) is 0.467. The number of halogens is 2. The molecular formula is C19H14ClFN4O2. The smallest absolute Gasteiger partial charge is 0.271 e. The highest BCUT2D eigenvalue weighted by molar-refractivity contribution is 6.35. The zero-order chi connectivity index (χ0) is 19.4. The number of nitriles is 1. The van der Waals surface area contributed by atoms with Crippen LogP contribution in [0.1, 0.15) is 23.6 Å². The molecule has 0 fully saturated rings. The normalized spacial score (nSPS) is 11.7. The number of nitrogens with zero attached hydrogens (tertiary/aromatic N) is 3. The molecule has 1 aromatic heterocycles. The van der Waals surface area contributed by atoms with Gasteiger partial charge in [-0.3, -0.25) is 19.5 Å². The molecule has 3 aromatic rings. The standard InChI is InChI=1S/C19H14ClFN4O2/c20-16-9-14(25(26)27)8-15-18(13(10-22)11-23-19(15)16)24-17(6-7-21)12-4-2-1-3-5-12/h1-5,8-9,11,17H,6-7H2,(H,23,24)/t17-/m1/s1. The second kappa shape index (κ2) is 7.98. The SMILES string of the molecule is N#Cc1cnc2c(Cl)cc([N+](=O)[O-])cc2c1N[C@H](CCF)c1ccccc1. The number of aromatic nitrogens is 1. The van der Waals surface area contributed by atoms with E-state index in [4.69, 9.17) is 11.6 Å². The van der Waals surface area contributed by atoms with Gasteiger partial charge in [-0.2, -0.15) is 5.26 Å². The van der Waals surface area contributed by atoms with E-state index in [1.54, 1.807) is 0 Å². The van der Waals surface area contributed by atoms with Crippen LogP contribution in [0.4, 0.5) is 15.8 Å². The van der Waals surface area contributed by atoms with Crippen molar-refractivity contribution in [1.29, 1.82) is 5.26 Å². The third kappa shape index (κ3) is 3.81. The minimum Gasteiger partial charge on any atom is -0.376 e. The van der Waals surface area contributed by atoms with Crippen LogP contribution >= 0.6 is 11.6 Å². The van der Waals surface area contributed by atoms with Gasteiger partial charge in [0.05, 0.1) is 39.4 Å². The monoisotopic (exact) mass is 384 g/mol. The van der Waals surface area contributed by atoms with Gasteiger partial charge in [0.25, 0.3) is 5.69 Å². The topological polar surface area (TPSA) is 91.8 Å². The van der Waals surface area contributed by atoms with Crippen LogP contribution in [0, 0.1) is 21.4 Å². The number of nitro benzene ring substituents is 1. The van der Waals surface area contributed by atoms with Crippen LogP contribution in [0.5, 0.6) is 0 Å². The van der Waals surface area contributed by atoms with Gasteiger partial charge in [0.2, 0.25) is 0 Å². The zero-order valence-electron chi connectivity index (χ0n) is 14.0. The Hall–Kier alpha value is -3.24. The van der Waals surface area contributed by atoms with Gasteiger partial charge in [0, 0.05) is 30.1 Å².